The molecule has 0 saturated heterocycles. The van der Waals surface area contributed by atoms with Gasteiger partial charge in [0.1, 0.15) is 13.2 Å². The Balaban J connectivity index is 4.48. The van der Waals surface area contributed by atoms with Gasteiger partial charge in [-0.05, 0) is 83.5 Å². The molecule has 1 unspecified atom stereocenters. The van der Waals surface area contributed by atoms with Crippen LogP contribution in [0.3, 0.4) is 0 Å². The van der Waals surface area contributed by atoms with Gasteiger partial charge in [-0.15, -0.1) is 0 Å². The Morgan fingerprint density at radius 3 is 1.08 bits per heavy atom. The molecule has 0 rings (SSSR count). The molecule has 0 aliphatic heterocycles. The first-order valence-electron chi connectivity index (χ1n) is 26.6. The molecule has 64 heavy (non-hydrogen) atoms. The van der Waals surface area contributed by atoms with Crippen LogP contribution < -0.4 is 0 Å². The van der Waals surface area contributed by atoms with Crippen LogP contribution in [-0.2, 0) is 28.6 Å². The SMILES string of the molecule is CC/C=C\C/C=C\C/C=C\C/C=C\C/C=C\CCCC(=O)OC(COC(=O)CCCCCCC/C=C\C=C/CCCCCCCCC)COC(=O)CCCCCCCCCCCCC. The highest BCUT2D eigenvalue weighted by Gasteiger charge is 2.19. The fraction of sp³-hybridized carbons (Fsp3) is 0.707. The van der Waals surface area contributed by atoms with Crippen LogP contribution in [-0.4, -0.2) is 37.2 Å². The van der Waals surface area contributed by atoms with Gasteiger partial charge in [0.15, 0.2) is 6.10 Å². The molecule has 0 aromatic rings. The van der Waals surface area contributed by atoms with Crippen LogP contribution in [0.1, 0.15) is 245 Å². The van der Waals surface area contributed by atoms with Crippen molar-refractivity contribution in [1.82, 2.24) is 0 Å². The first kappa shape index (κ1) is 60.6. The largest absolute Gasteiger partial charge is 0.462 e. The van der Waals surface area contributed by atoms with Gasteiger partial charge >= 0.3 is 17.9 Å². The van der Waals surface area contributed by atoms with Crippen molar-refractivity contribution in [2.75, 3.05) is 13.2 Å². The molecule has 0 spiro atoms. The van der Waals surface area contributed by atoms with Crippen molar-refractivity contribution in [3.63, 3.8) is 0 Å². The summed E-state index contributed by atoms with van der Waals surface area (Å²) in [7, 11) is 0. The molecular formula is C58H98O6. The molecule has 0 fully saturated rings. The van der Waals surface area contributed by atoms with E-state index in [1.54, 1.807) is 0 Å². The lowest BCUT2D eigenvalue weighted by Gasteiger charge is -2.18. The molecule has 0 aliphatic carbocycles. The fourth-order valence-electron chi connectivity index (χ4n) is 7.17. The van der Waals surface area contributed by atoms with E-state index in [9.17, 15) is 14.4 Å². The number of rotatable bonds is 47. The Morgan fingerprint density at radius 2 is 0.672 bits per heavy atom. The summed E-state index contributed by atoms with van der Waals surface area (Å²) in [5, 5.41) is 0. The fourth-order valence-corrected chi connectivity index (χ4v) is 7.17. The van der Waals surface area contributed by atoms with Crippen molar-refractivity contribution in [2.24, 2.45) is 0 Å². The predicted molar refractivity (Wildman–Crippen MR) is 274 cm³/mol. The normalized spacial score (nSPS) is 12.7. The molecule has 0 amide bonds. The lowest BCUT2D eigenvalue weighted by atomic mass is 10.1. The minimum absolute atomic E-state index is 0.103. The molecule has 0 radical (unpaired) electrons. The molecule has 0 aromatic carbocycles. The van der Waals surface area contributed by atoms with Gasteiger partial charge in [-0.1, -0.05) is 228 Å². The van der Waals surface area contributed by atoms with Crippen LogP contribution in [0.2, 0.25) is 0 Å². The topological polar surface area (TPSA) is 78.9 Å². The molecule has 0 saturated carbocycles. The number of hydrogen-bond acceptors (Lipinski definition) is 6. The Kier molecular flexibility index (Phi) is 49.4. The standard InChI is InChI=1S/C58H98O6/c1-4-7-10-13-16-19-22-24-26-28-30-31-33-36-39-42-45-48-51-57(60)63-54-55(53-62-56(59)50-47-44-41-38-35-21-18-15-12-9-6-3)64-58(61)52-49-46-43-40-37-34-32-29-27-25-23-20-17-14-11-8-5-2/h8,11,17,20,25-28,30-32,34,40,43,55H,4-7,9-10,12-16,18-19,21-24,29,33,35-39,41-42,44-54H2,1-3H3/b11-8-,20-17-,27-25-,28-26-,31-30-,34-32-,43-40-. The second-order valence-electron chi connectivity index (χ2n) is 17.4. The summed E-state index contributed by atoms with van der Waals surface area (Å²) in [6.07, 6.45) is 67.2. The van der Waals surface area contributed by atoms with Crippen LogP contribution in [0.15, 0.2) is 85.1 Å². The number of ether oxygens (including phenoxy) is 3. The van der Waals surface area contributed by atoms with E-state index >= 15 is 0 Å². The molecule has 6 heteroatoms. The Labute approximate surface area is 395 Å². The third-order valence-corrected chi connectivity index (χ3v) is 11.2. The number of carbonyl (C=O) groups excluding carboxylic acids is 3. The van der Waals surface area contributed by atoms with E-state index in [0.717, 1.165) is 96.3 Å². The number of allylic oxidation sites excluding steroid dienone is 14. The number of unbranched alkanes of at least 4 members (excludes halogenated alkanes) is 23. The van der Waals surface area contributed by atoms with E-state index < -0.39 is 6.10 Å². The van der Waals surface area contributed by atoms with Crippen molar-refractivity contribution in [2.45, 2.75) is 252 Å². The van der Waals surface area contributed by atoms with Crippen molar-refractivity contribution < 1.29 is 28.6 Å². The Hall–Kier alpha value is -3.41. The molecule has 0 aromatic heterocycles. The highest BCUT2D eigenvalue weighted by Crippen LogP contribution is 2.14. The second-order valence-corrected chi connectivity index (χ2v) is 17.4. The van der Waals surface area contributed by atoms with Gasteiger partial charge in [0, 0.05) is 19.3 Å². The average molecular weight is 891 g/mol. The van der Waals surface area contributed by atoms with E-state index in [4.69, 9.17) is 14.2 Å². The molecule has 0 heterocycles. The van der Waals surface area contributed by atoms with Crippen molar-refractivity contribution in [3.8, 4) is 0 Å². The first-order chi connectivity index (χ1) is 31.5. The van der Waals surface area contributed by atoms with E-state index in [0.29, 0.717) is 19.3 Å². The van der Waals surface area contributed by atoms with Gasteiger partial charge < -0.3 is 14.2 Å². The number of hydrogen-bond donors (Lipinski definition) is 0. The lowest BCUT2D eigenvalue weighted by Crippen LogP contribution is -2.30. The molecule has 366 valence electrons. The average Bonchev–Trinajstić information content (AvgIpc) is 3.29. The van der Waals surface area contributed by atoms with Crippen LogP contribution in [0, 0.1) is 0 Å². The minimum atomic E-state index is -0.811. The van der Waals surface area contributed by atoms with E-state index in [1.165, 1.54) is 103 Å². The predicted octanol–water partition coefficient (Wildman–Crippen LogP) is 17.6. The maximum absolute atomic E-state index is 12.8. The van der Waals surface area contributed by atoms with Crippen LogP contribution in [0.4, 0.5) is 0 Å². The Bertz CT molecular complexity index is 1250. The quantitative estimate of drug-likeness (QED) is 0.0199. The zero-order chi connectivity index (χ0) is 46.5. The monoisotopic (exact) mass is 891 g/mol. The van der Waals surface area contributed by atoms with Crippen molar-refractivity contribution in [3.05, 3.63) is 85.1 Å². The third-order valence-electron chi connectivity index (χ3n) is 11.2. The molecule has 0 aliphatic rings. The first-order valence-corrected chi connectivity index (χ1v) is 26.6. The molecule has 0 bridgehead atoms. The van der Waals surface area contributed by atoms with Crippen molar-refractivity contribution >= 4 is 17.9 Å². The summed E-state index contributed by atoms with van der Waals surface area (Å²) in [4.78, 5) is 38.0. The minimum Gasteiger partial charge on any atom is -0.462 e. The van der Waals surface area contributed by atoms with Gasteiger partial charge in [0.05, 0.1) is 0 Å². The molecular weight excluding hydrogens is 793 g/mol. The summed E-state index contributed by atoms with van der Waals surface area (Å²) < 4.78 is 16.7. The van der Waals surface area contributed by atoms with Gasteiger partial charge in [0.2, 0.25) is 0 Å². The smallest absolute Gasteiger partial charge is 0.306 e. The maximum atomic E-state index is 12.8. The molecule has 6 nitrogen and oxygen atoms in total. The highest BCUT2D eigenvalue weighted by molar-refractivity contribution is 5.71. The molecule has 0 N–H and O–H groups in total. The summed E-state index contributed by atoms with van der Waals surface area (Å²) in [6.45, 7) is 6.45. The van der Waals surface area contributed by atoms with E-state index in [1.807, 2.05) is 0 Å². The Morgan fingerprint density at radius 1 is 0.344 bits per heavy atom. The summed E-state index contributed by atoms with van der Waals surface area (Å²) in [5.41, 5.74) is 0. The van der Waals surface area contributed by atoms with E-state index in [-0.39, 0.29) is 37.5 Å². The highest BCUT2D eigenvalue weighted by atomic mass is 16.6. The maximum Gasteiger partial charge on any atom is 0.306 e. The second kappa shape index (κ2) is 52.2. The summed E-state index contributed by atoms with van der Waals surface area (Å²) in [6, 6.07) is 0. The van der Waals surface area contributed by atoms with Crippen molar-refractivity contribution in [1.29, 1.82) is 0 Å². The number of carbonyl (C=O) groups is 3. The number of esters is 3. The summed E-state index contributed by atoms with van der Waals surface area (Å²) in [5.74, 6) is -0.977. The zero-order valence-corrected chi connectivity index (χ0v) is 41.8. The van der Waals surface area contributed by atoms with Gasteiger partial charge in [-0.25, -0.2) is 0 Å². The van der Waals surface area contributed by atoms with E-state index in [2.05, 4.69) is 106 Å². The van der Waals surface area contributed by atoms with Crippen LogP contribution in [0.5, 0.6) is 0 Å². The van der Waals surface area contributed by atoms with Gasteiger partial charge in [-0.2, -0.15) is 0 Å². The summed E-state index contributed by atoms with van der Waals surface area (Å²) >= 11 is 0. The third kappa shape index (κ3) is 49.6. The zero-order valence-electron chi connectivity index (χ0n) is 41.8. The van der Waals surface area contributed by atoms with Crippen LogP contribution >= 0.6 is 0 Å². The lowest BCUT2D eigenvalue weighted by molar-refractivity contribution is -0.167. The van der Waals surface area contributed by atoms with Gasteiger partial charge in [0.25, 0.3) is 0 Å². The van der Waals surface area contributed by atoms with Gasteiger partial charge in [-0.3, -0.25) is 14.4 Å². The molecule has 1 atom stereocenters. The van der Waals surface area contributed by atoms with Crippen LogP contribution in [0.25, 0.3) is 0 Å².